The summed E-state index contributed by atoms with van der Waals surface area (Å²) in [6.45, 7) is 3.08. The third-order valence-electron chi connectivity index (χ3n) is 5.02. The Morgan fingerprint density at radius 2 is 2.19 bits per heavy atom. The van der Waals surface area contributed by atoms with Crippen molar-refractivity contribution >= 4 is 34.5 Å². The molecule has 0 fully saturated rings. The molecule has 166 valence electrons. The molecule has 0 saturated carbocycles. The molecule has 1 aromatic carbocycles. The van der Waals surface area contributed by atoms with Crippen LogP contribution in [0.4, 0.5) is 0 Å². The van der Waals surface area contributed by atoms with E-state index in [-0.39, 0.29) is 6.61 Å². The second-order valence-corrected chi connectivity index (χ2v) is 8.72. The van der Waals surface area contributed by atoms with E-state index in [2.05, 4.69) is 10.3 Å². The lowest BCUT2D eigenvalue weighted by atomic mass is 10.1. The number of fused-ring (bicyclic) bond motifs is 1. The van der Waals surface area contributed by atoms with E-state index in [0.29, 0.717) is 28.7 Å². The van der Waals surface area contributed by atoms with E-state index < -0.39 is 12.0 Å². The molecule has 4 aromatic rings. The molecule has 4 rings (SSSR count). The highest BCUT2D eigenvalue weighted by atomic mass is 35.5. The first-order valence-corrected chi connectivity index (χ1v) is 11.3. The highest BCUT2D eigenvalue weighted by molar-refractivity contribution is 7.17. The lowest BCUT2D eigenvalue weighted by Gasteiger charge is -2.17. The highest BCUT2D eigenvalue weighted by Crippen LogP contribution is 2.39. The minimum atomic E-state index is -0.548. The molecule has 3 aromatic heterocycles. The van der Waals surface area contributed by atoms with Gasteiger partial charge in [-0.15, -0.1) is 11.3 Å². The van der Waals surface area contributed by atoms with Crippen LogP contribution in [0.1, 0.15) is 33.8 Å². The number of aliphatic hydroxyl groups is 1. The predicted octanol–water partition coefficient (Wildman–Crippen LogP) is 4.04. The molecule has 9 heteroatoms. The number of pyridine rings is 1. The molecular weight excluding hydrogens is 448 g/mol. The second kappa shape index (κ2) is 9.70. The fourth-order valence-electron chi connectivity index (χ4n) is 3.45. The van der Waals surface area contributed by atoms with Crippen molar-refractivity contribution in [2.45, 2.75) is 19.6 Å². The molecule has 0 saturated heterocycles. The van der Waals surface area contributed by atoms with Gasteiger partial charge in [0.15, 0.2) is 0 Å². The number of nitrogens with zero attached hydrogens (tertiary/aromatic N) is 2. The minimum Gasteiger partial charge on any atom is -0.484 e. The first-order chi connectivity index (χ1) is 15.5. The van der Waals surface area contributed by atoms with Crippen molar-refractivity contribution in [1.82, 2.24) is 14.7 Å². The molecule has 0 bridgehead atoms. The average molecular weight is 471 g/mol. The van der Waals surface area contributed by atoms with E-state index >= 15 is 0 Å². The maximum Gasteiger partial charge on any atom is 0.262 e. The molecule has 3 heterocycles. The van der Waals surface area contributed by atoms with Gasteiger partial charge in [0.1, 0.15) is 22.4 Å². The summed E-state index contributed by atoms with van der Waals surface area (Å²) in [7, 11) is 0. The van der Waals surface area contributed by atoms with Crippen LogP contribution in [0.3, 0.4) is 0 Å². The number of imidazole rings is 1. The smallest absolute Gasteiger partial charge is 0.262 e. The number of carbonyl (C=O) groups is 1. The normalized spacial score (nSPS) is 12.2. The average Bonchev–Trinajstić information content (AvgIpc) is 3.38. The lowest BCUT2D eigenvalue weighted by Crippen LogP contribution is -2.17. The van der Waals surface area contributed by atoms with Gasteiger partial charge in [-0.1, -0.05) is 29.8 Å². The van der Waals surface area contributed by atoms with Crippen LogP contribution < -0.4 is 15.8 Å². The summed E-state index contributed by atoms with van der Waals surface area (Å²) in [6.07, 6.45) is 3.28. The number of primary amides is 1. The monoisotopic (exact) mass is 470 g/mol. The summed E-state index contributed by atoms with van der Waals surface area (Å²) in [5.74, 6) is -0.130. The summed E-state index contributed by atoms with van der Waals surface area (Å²) < 4.78 is 8.10. The van der Waals surface area contributed by atoms with Gasteiger partial charge < -0.3 is 20.9 Å². The lowest BCUT2D eigenvalue weighted by molar-refractivity contribution is 0.0998. The van der Waals surface area contributed by atoms with E-state index in [1.165, 1.54) is 11.3 Å². The molecule has 4 N–H and O–H groups in total. The molecule has 0 spiro atoms. The van der Waals surface area contributed by atoms with Crippen LogP contribution in [0, 0.1) is 0 Å². The standard InChI is InChI=1S/C23H23ClN4O3S/c1-14(16-6-5-15(10-17(16)24)12-26-7-9-29)31-19-11-20(32-22(19)23(25)30)18-13-27-21-4-2-3-8-28(18)21/h2-6,8,10-11,13-14,26,29H,7,9,12H2,1H3,(H2,25,30). The number of rotatable bonds is 9. The molecule has 1 atom stereocenters. The van der Waals surface area contributed by atoms with Crippen LogP contribution in [0.2, 0.25) is 5.02 Å². The zero-order valence-corrected chi connectivity index (χ0v) is 19.0. The molecular formula is C23H23ClN4O3S. The number of halogens is 1. The Bertz CT molecular complexity index is 1250. The second-order valence-electron chi connectivity index (χ2n) is 7.26. The fourth-order valence-corrected chi connectivity index (χ4v) is 4.76. The van der Waals surface area contributed by atoms with Crippen molar-refractivity contribution in [3.8, 4) is 16.3 Å². The van der Waals surface area contributed by atoms with Crippen LogP contribution in [0.5, 0.6) is 5.75 Å². The Morgan fingerprint density at radius 1 is 1.34 bits per heavy atom. The summed E-state index contributed by atoms with van der Waals surface area (Å²) in [4.78, 5) is 17.7. The van der Waals surface area contributed by atoms with Gasteiger partial charge in [0.25, 0.3) is 5.91 Å². The molecule has 0 aliphatic carbocycles. The zero-order valence-electron chi connectivity index (χ0n) is 17.4. The van der Waals surface area contributed by atoms with Crippen LogP contribution in [0.15, 0.2) is 54.9 Å². The SMILES string of the molecule is CC(Oc1cc(-c2cnc3ccccn23)sc1C(N)=O)c1ccc(CNCCO)cc1Cl. The van der Waals surface area contributed by atoms with Crippen molar-refractivity contribution in [3.63, 3.8) is 0 Å². The maximum absolute atomic E-state index is 12.1. The number of benzene rings is 1. The van der Waals surface area contributed by atoms with Crippen molar-refractivity contribution < 1.29 is 14.6 Å². The fraction of sp³-hybridized carbons (Fsp3) is 0.217. The summed E-state index contributed by atoms with van der Waals surface area (Å²) in [6, 6.07) is 13.3. The van der Waals surface area contributed by atoms with Crippen molar-refractivity contribution in [1.29, 1.82) is 0 Å². The van der Waals surface area contributed by atoms with Gasteiger partial charge in [-0.05, 0) is 30.7 Å². The van der Waals surface area contributed by atoms with E-state index in [4.69, 9.17) is 27.2 Å². The number of ether oxygens (including phenoxy) is 1. The number of amides is 1. The third kappa shape index (κ3) is 4.63. The van der Waals surface area contributed by atoms with Gasteiger partial charge >= 0.3 is 0 Å². The van der Waals surface area contributed by atoms with Gasteiger partial charge in [-0.25, -0.2) is 4.98 Å². The summed E-state index contributed by atoms with van der Waals surface area (Å²) in [5, 5.41) is 12.6. The Kier molecular flexibility index (Phi) is 6.76. The Balaban J connectivity index is 1.59. The van der Waals surface area contributed by atoms with Crippen LogP contribution in [-0.2, 0) is 6.54 Å². The Labute approximate surface area is 194 Å². The number of nitrogens with one attached hydrogen (secondary N) is 1. The Hall–Kier alpha value is -2.91. The number of thiophene rings is 1. The molecule has 32 heavy (non-hydrogen) atoms. The molecule has 7 nitrogen and oxygen atoms in total. The number of hydrogen-bond donors (Lipinski definition) is 3. The molecule has 0 aliphatic heterocycles. The molecule has 0 aliphatic rings. The largest absolute Gasteiger partial charge is 0.484 e. The van der Waals surface area contributed by atoms with E-state index in [9.17, 15) is 4.79 Å². The quantitative estimate of drug-likeness (QED) is 0.320. The topological polar surface area (TPSA) is 102 Å². The van der Waals surface area contributed by atoms with Gasteiger partial charge in [-0.3, -0.25) is 9.20 Å². The summed E-state index contributed by atoms with van der Waals surface area (Å²) >= 11 is 7.77. The van der Waals surface area contributed by atoms with Gasteiger partial charge in [0.05, 0.1) is 23.4 Å². The zero-order chi connectivity index (χ0) is 22.7. The van der Waals surface area contributed by atoms with E-state index in [1.54, 1.807) is 6.20 Å². The van der Waals surface area contributed by atoms with Gasteiger partial charge in [0.2, 0.25) is 0 Å². The summed E-state index contributed by atoms with van der Waals surface area (Å²) in [5.41, 5.74) is 9.11. The number of nitrogens with two attached hydrogens (primary N) is 1. The van der Waals surface area contributed by atoms with Crippen molar-refractivity contribution in [2.75, 3.05) is 13.2 Å². The minimum absolute atomic E-state index is 0.0800. The first kappa shape index (κ1) is 22.3. The predicted molar refractivity (Wildman–Crippen MR) is 126 cm³/mol. The third-order valence-corrected chi connectivity index (χ3v) is 6.50. The Morgan fingerprint density at radius 3 is 2.94 bits per heavy atom. The number of hydrogen-bond acceptors (Lipinski definition) is 6. The van der Waals surface area contributed by atoms with E-state index in [1.807, 2.05) is 60.0 Å². The molecule has 1 unspecified atom stereocenters. The van der Waals surface area contributed by atoms with E-state index in [0.717, 1.165) is 27.3 Å². The number of aliphatic hydroxyl groups excluding tert-OH is 1. The first-order valence-electron chi connectivity index (χ1n) is 10.1. The van der Waals surface area contributed by atoms with Crippen LogP contribution in [0.25, 0.3) is 16.2 Å². The van der Waals surface area contributed by atoms with Gasteiger partial charge in [0, 0.05) is 35.9 Å². The highest BCUT2D eigenvalue weighted by Gasteiger charge is 2.21. The van der Waals surface area contributed by atoms with Crippen molar-refractivity contribution in [2.24, 2.45) is 5.73 Å². The van der Waals surface area contributed by atoms with Crippen molar-refractivity contribution in [3.05, 3.63) is 75.9 Å². The number of carbonyl (C=O) groups excluding carboxylic acids is 1. The van der Waals surface area contributed by atoms with Crippen LogP contribution >= 0.6 is 22.9 Å². The maximum atomic E-state index is 12.1. The number of aromatic nitrogens is 2. The molecule has 1 amide bonds. The van der Waals surface area contributed by atoms with Gasteiger partial charge in [-0.2, -0.15) is 0 Å². The molecule has 0 radical (unpaired) electrons. The van der Waals surface area contributed by atoms with Crippen LogP contribution in [-0.4, -0.2) is 33.6 Å².